The number of hydrogen-bond acceptors (Lipinski definition) is 9. The quantitative estimate of drug-likeness (QED) is 0.443. The molecule has 6 atom stereocenters. The lowest BCUT2D eigenvalue weighted by atomic mass is 10.2. The monoisotopic (exact) mass is 446 g/mol. The fraction of sp³-hybridized carbons (Fsp3) is 0.667. The largest absolute Gasteiger partial charge is 0.374 e. The third kappa shape index (κ3) is 5.88. The van der Waals surface area contributed by atoms with E-state index < -0.39 is 56.4 Å². The molecule has 27 heavy (non-hydrogen) atoms. The van der Waals surface area contributed by atoms with Crippen molar-refractivity contribution in [3.63, 3.8) is 0 Å². The summed E-state index contributed by atoms with van der Waals surface area (Å²) in [6.45, 7) is -1.94. The summed E-state index contributed by atoms with van der Waals surface area (Å²) < 4.78 is 38.8. The summed E-state index contributed by atoms with van der Waals surface area (Å²) in [6, 6.07) is 1.10. The highest BCUT2D eigenvalue weighted by Gasteiger charge is 2.50. The minimum Gasteiger partial charge on any atom is -0.374 e. The van der Waals surface area contributed by atoms with Crippen molar-refractivity contribution in [2.45, 2.75) is 24.7 Å². The lowest BCUT2D eigenvalue weighted by molar-refractivity contribution is -0.165. The van der Waals surface area contributed by atoms with Gasteiger partial charge in [-0.3, -0.25) is 18.9 Å². The average Bonchev–Trinajstić information content (AvgIpc) is 2.88. The van der Waals surface area contributed by atoms with E-state index in [1.807, 2.05) is 0 Å². The van der Waals surface area contributed by atoms with Crippen LogP contribution in [0.2, 0.25) is 0 Å². The van der Waals surface area contributed by atoms with Crippen molar-refractivity contribution in [2.24, 2.45) is 0 Å². The molecule has 1 aromatic heterocycles. The van der Waals surface area contributed by atoms with Gasteiger partial charge in [0.25, 0.3) is 5.56 Å². The van der Waals surface area contributed by atoms with E-state index in [1.165, 1.54) is 20.0 Å². The molecule has 3 N–H and O–H groups in total. The number of nitrogens with zero attached hydrogens (tertiary/aromatic N) is 1. The van der Waals surface area contributed by atoms with Gasteiger partial charge < -0.3 is 33.0 Å². The number of H-pyrrole nitrogens is 1. The molecule has 1 aliphatic rings. The Hall–Kier alpha value is -0.720. The molecule has 15 heteroatoms. The number of nitrogens with one attached hydrogen (secondary N) is 1. The van der Waals surface area contributed by atoms with Crippen LogP contribution in [-0.4, -0.2) is 65.1 Å². The van der Waals surface area contributed by atoms with Gasteiger partial charge in [0, 0.05) is 33.1 Å². The van der Waals surface area contributed by atoms with Gasteiger partial charge in [0.1, 0.15) is 12.2 Å². The molecule has 1 saturated heterocycles. The maximum absolute atomic E-state index is 12.1. The van der Waals surface area contributed by atoms with Crippen LogP contribution in [0.3, 0.4) is 0 Å². The van der Waals surface area contributed by atoms with Crippen LogP contribution in [0.5, 0.6) is 0 Å². The number of aromatic nitrogens is 2. The summed E-state index contributed by atoms with van der Waals surface area (Å²) in [5.41, 5.74) is -1.39. The van der Waals surface area contributed by atoms with E-state index in [4.69, 9.17) is 30.5 Å². The fourth-order valence-electron chi connectivity index (χ4n) is 2.40. The van der Waals surface area contributed by atoms with E-state index in [0.717, 1.165) is 17.7 Å². The number of methoxy groups -OCH3 is 1. The second kappa shape index (κ2) is 8.75. The van der Waals surface area contributed by atoms with Crippen molar-refractivity contribution in [2.75, 3.05) is 27.2 Å². The van der Waals surface area contributed by atoms with E-state index in [1.54, 1.807) is 0 Å². The molecular weight excluding hydrogens is 426 g/mol. The lowest BCUT2D eigenvalue weighted by Crippen LogP contribution is -2.39. The molecule has 0 amide bonds. The van der Waals surface area contributed by atoms with Gasteiger partial charge in [-0.05, 0) is 11.8 Å². The zero-order chi connectivity index (χ0) is 20.4. The molecule has 12 nitrogen and oxygen atoms in total. The first-order chi connectivity index (χ1) is 12.5. The van der Waals surface area contributed by atoms with Crippen LogP contribution in [0.15, 0.2) is 21.9 Å². The Balaban J connectivity index is 2.36. The normalized spacial score (nSPS) is 30.0. The first-order valence-corrected chi connectivity index (χ1v) is 12.3. The Labute approximate surface area is 158 Å². The molecular formula is C12H20N2O10P2S. The summed E-state index contributed by atoms with van der Waals surface area (Å²) in [6.07, 6.45) is -4.12. The highest BCUT2D eigenvalue weighted by atomic mass is 32.5. The molecule has 2 rings (SSSR count). The molecule has 0 bridgehead atoms. The zero-order valence-corrected chi connectivity index (χ0v) is 17.2. The van der Waals surface area contributed by atoms with Gasteiger partial charge in [-0.1, -0.05) is 0 Å². The summed E-state index contributed by atoms with van der Waals surface area (Å²) in [5, 5.41) is 0. The summed E-state index contributed by atoms with van der Waals surface area (Å²) in [5.74, 6) is 0. The van der Waals surface area contributed by atoms with Crippen LogP contribution >= 0.6 is 14.1 Å². The van der Waals surface area contributed by atoms with Crippen LogP contribution in [0.25, 0.3) is 0 Å². The Morgan fingerprint density at radius 1 is 1.33 bits per heavy atom. The SMILES string of the molecule is CO[C@@H]1[C@H](OP(C)(O)=S)[C@@H](OCP(=O)(O)OC)O[C@H]1n1ccc(=O)[nH]c1=O. The number of rotatable bonds is 8. The average molecular weight is 446 g/mol. The van der Waals surface area contributed by atoms with E-state index in [0.29, 0.717) is 0 Å². The highest BCUT2D eigenvalue weighted by Crippen LogP contribution is 2.47. The van der Waals surface area contributed by atoms with Crippen molar-refractivity contribution >= 4 is 25.9 Å². The van der Waals surface area contributed by atoms with Gasteiger partial charge in [-0.15, -0.1) is 0 Å². The van der Waals surface area contributed by atoms with Gasteiger partial charge >= 0.3 is 13.3 Å². The maximum atomic E-state index is 12.1. The summed E-state index contributed by atoms with van der Waals surface area (Å²) in [7, 11) is -1.69. The molecule has 154 valence electrons. The minimum atomic E-state index is -4.03. The van der Waals surface area contributed by atoms with Crippen molar-refractivity contribution in [1.82, 2.24) is 9.55 Å². The van der Waals surface area contributed by atoms with Gasteiger partial charge in [0.2, 0.25) is 0 Å². The van der Waals surface area contributed by atoms with Gasteiger partial charge in [0.05, 0.1) is 0 Å². The topological polar surface area (TPSA) is 159 Å². The van der Waals surface area contributed by atoms with Gasteiger partial charge in [-0.2, -0.15) is 0 Å². The summed E-state index contributed by atoms with van der Waals surface area (Å²) in [4.78, 5) is 44.8. The van der Waals surface area contributed by atoms with Crippen molar-refractivity contribution in [1.29, 1.82) is 0 Å². The standard InChI is InChI=1S/C12H20N2O10P2S/c1-20-8-9(24-25(3,17)27)11(22-6-26(18,19)21-2)23-10(8)14-5-4-7(15)13-12(14)16/h4-5,8-11H,6H2,1-3H3,(H,17,27)(H,18,19)(H,13,15,16)/t8-,9+,10-,11+,25?/m1/s1. The molecule has 1 fully saturated rings. The third-order valence-corrected chi connectivity index (χ3v) is 5.49. The van der Waals surface area contributed by atoms with Crippen molar-refractivity contribution in [3.05, 3.63) is 33.1 Å². The molecule has 0 radical (unpaired) electrons. The van der Waals surface area contributed by atoms with E-state index in [-0.39, 0.29) is 0 Å². The molecule has 0 saturated carbocycles. The third-order valence-electron chi connectivity index (χ3n) is 3.55. The Morgan fingerprint density at radius 3 is 2.52 bits per heavy atom. The number of aromatic amines is 1. The van der Waals surface area contributed by atoms with Gasteiger partial charge in [0.15, 0.2) is 25.4 Å². The number of hydrogen-bond donors (Lipinski definition) is 3. The van der Waals surface area contributed by atoms with Crippen LogP contribution in [0.1, 0.15) is 6.23 Å². The van der Waals surface area contributed by atoms with Crippen LogP contribution in [-0.2, 0) is 39.6 Å². The minimum absolute atomic E-state index is 0.607. The fourth-order valence-corrected chi connectivity index (χ4v) is 3.81. The zero-order valence-electron chi connectivity index (χ0n) is 14.6. The predicted octanol–water partition coefficient (Wildman–Crippen LogP) is -0.471. The Kier molecular flexibility index (Phi) is 7.31. The predicted molar refractivity (Wildman–Crippen MR) is 96.1 cm³/mol. The lowest BCUT2D eigenvalue weighted by Gasteiger charge is -2.25. The maximum Gasteiger partial charge on any atom is 0.353 e. The van der Waals surface area contributed by atoms with E-state index >= 15 is 0 Å². The van der Waals surface area contributed by atoms with Crippen LogP contribution < -0.4 is 11.2 Å². The van der Waals surface area contributed by atoms with E-state index in [9.17, 15) is 23.9 Å². The Bertz CT molecular complexity index is 866. The van der Waals surface area contributed by atoms with Crippen molar-refractivity contribution in [3.8, 4) is 0 Å². The first-order valence-electron chi connectivity index (χ1n) is 7.45. The van der Waals surface area contributed by atoms with Gasteiger partial charge in [-0.25, -0.2) is 4.79 Å². The van der Waals surface area contributed by atoms with Crippen molar-refractivity contribution < 1.29 is 37.6 Å². The van der Waals surface area contributed by atoms with Crippen LogP contribution in [0, 0.1) is 0 Å². The molecule has 2 unspecified atom stereocenters. The molecule has 2 heterocycles. The molecule has 1 aromatic rings. The summed E-state index contributed by atoms with van der Waals surface area (Å²) >= 11 is 4.89. The second-order valence-electron chi connectivity index (χ2n) is 5.60. The molecule has 0 aromatic carbocycles. The second-order valence-corrected chi connectivity index (χ2v) is 11.3. The first kappa shape index (κ1) is 22.6. The molecule has 0 aliphatic carbocycles. The smallest absolute Gasteiger partial charge is 0.353 e. The van der Waals surface area contributed by atoms with Crippen LogP contribution in [0.4, 0.5) is 0 Å². The molecule has 0 spiro atoms. The Morgan fingerprint density at radius 2 is 2.00 bits per heavy atom. The molecule has 1 aliphatic heterocycles. The highest BCUT2D eigenvalue weighted by molar-refractivity contribution is 8.09. The van der Waals surface area contributed by atoms with E-state index in [2.05, 4.69) is 9.51 Å². The number of ether oxygens (including phenoxy) is 3.